The molecule has 1 aromatic carbocycles. The van der Waals surface area contributed by atoms with Crippen LogP contribution in [0.5, 0.6) is 0 Å². The van der Waals surface area contributed by atoms with Crippen LogP contribution in [0.3, 0.4) is 0 Å². The summed E-state index contributed by atoms with van der Waals surface area (Å²) in [5, 5.41) is 13.0. The maximum Gasteiger partial charge on any atom is 0.407 e. The Hall–Kier alpha value is -2.08. The molecule has 0 bridgehead atoms. The van der Waals surface area contributed by atoms with Crippen LogP contribution in [0.1, 0.15) is 135 Å². The van der Waals surface area contributed by atoms with Gasteiger partial charge in [-0.05, 0) is 159 Å². The van der Waals surface area contributed by atoms with Crippen molar-refractivity contribution in [3.63, 3.8) is 0 Å². The minimum atomic E-state index is -0.851. The number of aromatic carboxylic acids is 1. The zero-order valence-electron chi connectivity index (χ0n) is 31.0. The lowest BCUT2D eigenvalue weighted by Gasteiger charge is -2.73. The van der Waals surface area contributed by atoms with Crippen molar-refractivity contribution in [2.75, 3.05) is 27.2 Å². The fraction of sp³-hybridized carbons (Fsp3) is 0.805. The van der Waals surface area contributed by atoms with Crippen LogP contribution >= 0.6 is 0 Å². The number of hydrogen-bond acceptors (Lipinski definition) is 4. The zero-order chi connectivity index (χ0) is 34.2. The van der Waals surface area contributed by atoms with Crippen LogP contribution in [0.2, 0.25) is 0 Å². The number of hydrogen-bond donors (Lipinski definition) is 2. The zero-order valence-corrected chi connectivity index (χ0v) is 31.0. The van der Waals surface area contributed by atoms with Gasteiger partial charge in [0.2, 0.25) is 0 Å². The Kier molecular flexibility index (Phi) is 8.92. The van der Waals surface area contributed by atoms with E-state index < -0.39 is 5.97 Å². The molecule has 47 heavy (non-hydrogen) atoms. The summed E-state index contributed by atoms with van der Waals surface area (Å²) in [5.41, 5.74) is 2.50. The van der Waals surface area contributed by atoms with E-state index in [2.05, 4.69) is 70.8 Å². The predicted octanol–water partition coefficient (Wildman–Crippen LogP) is 9.25. The number of rotatable bonds is 7. The van der Waals surface area contributed by atoms with E-state index in [9.17, 15) is 14.7 Å². The molecule has 262 valence electrons. The van der Waals surface area contributed by atoms with E-state index in [1.165, 1.54) is 56.9 Å². The lowest BCUT2D eigenvalue weighted by atomic mass is 9.32. The van der Waals surface area contributed by atoms with Gasteiger partial charge in [-0.1, -0.05) is 60.6 Å². The molecule has 0 heterocycles. The van der Waals surface area contributed by atoms with Crippen molar-refractivity contribution in [3.05, 3.63) is 35.4 Å². The van der Waals surface area contributed by atoms with Crippen LogP contribution in [0.4, 0.5) is 4.79 Å². The van der Waals surface area contributed by atoms with Gasteiger partial charge in [0.05, 0.1) is 5.56 Å². The number of carboxylic acid groups (broad SMARTS) is 1. The quantitative estimate of drug-likeness (QED) is 0.308. The molecule has 6 nitrogen and oxygen atoms in total. The Balaban J connectivity index is 1.27. The molecule has 1 unspecified atom stereocenters. The van der Waals surface area contributed by atoms with E-state index in [1.807, 2.05) is 14.1 Å². The predicted molar refractivity (Wildman–Crippen MR) is 188 cm³/mol. The van der Waals surface area contributed by atoms with Crippen LogP contribution in [-0.2, 0) is 4.74 Å². The second kappa shape index (κ2) is 12.1. The molecular weight excluding hydrogens is 584 g/mol. The molecule has 0 saturated heterocycles. The highest BCUT2D eigenvalue weighted by molar-refractivity contribution is 5.87. The summed E-state index contributed by atoms with van der Waals surface area (Å²) in [4.78, 5) is 26.9. The number of amides is 1. The fourth-order valence-corrected chi connectivity index (χ4v) is 13.6. The maximum atomic E-state index is 13.3. The van der Waals surface area contributed by atoms with Gasteiger partial charge in [0.15, 0.2) is 0 Å². The van der Waals surface area contributed by atoms with E-state index in [0.717, 1.165) is 19.4 Å². The number of carboxylic acids is 1. The number of carbonyl (C=O) groups excluding carboxylic acids is 1. The molecule has 0 aromatic heterocycles. The number of alkyl carbamates (subject to hydrolysis) is 1. The molecule has 6 rings (SSSR count). The standard InChI is InChI=1S/C41H64N2O4/c1-26(2)29-16-21-41(42-36(46)47-25-24-43(8)9)23-22-39(6)31(34(29)41)14-15-33-38(5)19-17-30(27-10-12-28(13-11-27)35(44)45)37(3,4)32(38)18-20-40(33,39)7/h10-13,26,29-34H,14-25H2,1-9H3,(H,42,46)(H,44,45)/t29?,30-,31+,32-,33+,34+,38-,39+,40+,41-/m0/s1. The molecule has 5 aliphatic rings. The van der Waals surface area contributed by atoms with Gasteiger partial charge in [0.1, 0.15) is 6.61 Å². The first kappa shape index (κ1) is 34.8. The number of ether oxygens (including phenoxy) is 1. The molecule has 2 N–H and O–H groups in total. The van der Waals surface area contributed by atoms with Crippen LogP contribution in [-0.4, -0.2) is 54.9 Å². The summed E-state index contributed by atoms with van der Waals surface area (Å²) in [5.74, 6) is 3.30. The van der Waals surface area contributed by atoms with E-state index in [0.29, 0.717) is 53.6 Å². The summed E-state index contributed by atoms with van der Waals surface area (Å²) >= 11 is 0. The Morgan fingerprint density at radius 2 is 1.57 bits per heavy atom. The minimum absolute atomic E-state index is 0.142. The molecule has 6 heteroatoms. The molecule has 1 aromatic rings. The highest BCUT2D eigenvalue weighted by Gasteiger charge is 2.71. The molecule has 0 aliphatic heterocycles. The third-order valence-electron chi connectivity index (χ3n) is 16.1. The Bertz CT molecular complexity index is 1340. The van der Waals surface area contributed by atoms with Gasteiger partial charge in [-0.25, -0.2) is 9.59 Å². The molecule has 0 spiro atoms. The molecular formula is C41H64N2O4. The highest BCUT2D eigenvalue weighted by atomic mass is 16.5. The minimum Gasteiger partial charge on any atom is -0.478 e. The average Bonchev–Trinajstić information content (AvgIpc) is 3.36. The Labute approximate surface area is 285 Å². The molecule has 5 saturated carbocycles. The number of likely N-dealkylation sites (N-methyl/N-ethyl adjacent to an activating group) is 1. The van der Waals surface area contributed by atoms with E-state index >= 15 is 0 Å². The van der Waals surface area contributed by atoms with E-state index in [-0.39, 0.29) is 33.3 Å². The van der Waals surface area contributed by atoms with Gasteiger partial charge in [-0.2, -0.15) is 0 Å². The summed E-state index contributed by atoms with van der Waals surface area (Å²) in [6.07, 6.45) is 11.9. The summed E-state index contributed by atoms with van der Waals surface area (Å²) < 4.78 is 5.75. The van der Waals surface area contributed by atoms with Crippen molar-refractivity contribution in [1.82, 2.24) is 10.2 Å². The van der Waals surface area contributed by atoms with Gasteiger partial charge in [0.25, 0.3) is 0 Å². The van der Waals surface area contributed by atoms with Crippen LogP contribution < -0.4 is 5.32 Å². The first-order valence-electron chi connectivity index (χ1n) is 18.9. The molecule has 5 aliphatic carbocycles. The van der Waals surface area contributed by atoms with Crippen molar-refractivity contribution in [1.29, 1.82) is 0 Å². The van der Waals surface area contributed by atoms with Crippen molar-refractivity contribution in [2.45, 2.75) is 124 Å². The van der Waals surface area contributed by atoms with Gasteiger partial charge >= 0.3 is 12.1 Å². The summed E-state index contributed by atoms with van der Waals surface area (Å²) in [7, 11) is 4.03. The second-order valence-electron chi connectivity index (χ2n) is 18.7. The highest BCUT2D eigenvalue weighted by Crippen LogP contribution is 2.77. The first-order chi connectivity index (χ1) is 22.0. The van der Waals surface area contributed by atoms with Gasteiger partial charge < -0.3 is 20.1 Å². The van der Waals surface area contributed by atoms with Crippen molar-refractivity contribution in [3.8, 4) is 0 Å². The van der Waals surface area contributed by atoms with Gasteiger partial charge in [0, 0.05) is 12.1 Å². The SMILES string of the molecule is CC(C)C1CC[C@]2(NC(=O)OCCN(C)C)CC[C@]3(C)[C@H](CC[C@@H]4[C@@]5(C)CC[C@@H](c6ccc(C(=O)O)cc6)C(C)(C)[C@@H]5CC[C@]43C)[C@@H]12. The van der Waals surface area contributed by atoms with Crippen molar-refractivity contribution >= 4 is 12.1 Å². The molecule has 5 fully saturated rings. The van der Waals surface area contributed by atoms with E-state index in [1.54, 1.807) is 12.1 Å². The van der Waals surface area contributed by atoms with Crippen LogP contribution in [0.25, 0.3) is 0 Å². The third-order valence-corrected chi connectivity index (χ3v) is 16.1. The third kappa shape index (κ3) is 5.37. The Morgan fingerprint density at radius 3 is 2.21 bits per heavy atom. The lowest BCUT2D eigenvalue weighted by Crippen LogP contribution is -2.68. The number of carbonyl (C=O) groups is 2. The molecule has 10 atom stereocenters. The summed E-state index contributed by atoms with van der Waals surface area (Å²) in [6.45, 7) is 19.1. The van der Waals surface area contributed by atoms with Gasteiger partial charge in [-0.3, -0.25) is 0 Å². The molecule has 0 radical (unpaired) electrons. The van der Waals surface area contributed by atoms with E-state index in [4.69, 9.17) is 4.74 Å². The lowest BCUT2D eigenvalue weighted by molar-refractivity contribution is -0.235. The number of fused-ring (bicyclic) bond motifs is 7. The number of nitrogens with one attached hydrogen (secondary N) is 1. The second-order valence-corrected chi connectivity index (χ2v) is 18.7. The van der Waals surface area contributed by atoms with Crippen LogP contribution in [0, 0.1) is 57.2 Å². The van der Waals surface area contributed by atoms with Crippen molar-refractivity contribution < 1.29 is 19.4 Å². The normalized spacial score (nSPS) is 42.2. The van der Waals surface area contributed by atoms with Crippen LogP contribution in [0.15, 0.2) is 24.3 Å². The first-order valence-corrected chi connectivity index (χ1v) is 18.9. The largest absolute Gasteiger partial charge is 0.478 e. The fourth-order valence-electron chi connectivity index (χ4n) is 13.6. The van der Waals surface area contributed by atoms with Gasteiger partial charge in [-0.15, -0.1) is 0 Å². The van der Waals surface area contributed by atoms with Crippen molar-refractivity contribution in [2.24, 2.45) is 57.2 Å². The molecule has 1 amide bonds. The topological polar surface area (TPSA) is 78.9 Å². The Morgan fingerprint density at radius 1 is 0.872 bits per heavy atom. The number of nitrogens with zero attached hydrogens (tertiary/aromatic N) is 1. The maximum absolute atomic E-state index is 13.3. The number of benzene rings is 1. The monoisotopic (exact) mass is 648 g/mol. The smallest absolute Gasteiger partial charge is 0.407 e. The summed E-state index contributed by atoms with van der Waals surface area (Å²) in [6, 6.07) is 7.78. The average molecular weight is 649 g/mol.